The minimum atomic E-state index is -1.03. The number of nitrogens with one attached hydrogen (secondary N) is 2. The summed E-state index contributed by atoms with van der Waals surface area (Å²) in [6.07, 6.45) is 0.891. The first kappa shape index (κ1) is 24.9. The van der Waals surface area contributed by atoms with Crippen LogP contribution >= 0.6 is 11.8 Å². The molecule has 2 aromatic heterocycles. The second-order valence-electron chi connectivity index (χ2n) is 8.94. The van der Waals surface area contributed by atoms with Crippen LogP contribution in [-0.4, -0.2) is 37.7 Å². The van der Waals surface area contributed by atoms with Crippen LogP contribution in [-0.2, 0) is 4.74 Å². The van der Waals surface area contributed by atoms with E-state index in [4.69, 9.17) is 4.74 Å². The maximum atomic E-state index is 12.0. The van der Waals surface area contributed by atoms with Crippen LogP contribution in [0.15, 0.2) is 70.7 Å². The average molecular weight is 504 g/mol. The van der Waals surface area contributed by atoms with Gasteiger partial charge in [-0.15, -0.1) is 0 Å². The zero-order valence-corrected chi connectivity index (χ0v) is 21.0. The second-order valence-corrected chi connectivity index (χ2v) is 10.1. The van der Waals surface area contributed by atoms with Crippen LogP contribution in [0.3, 0.4) is 0 Å². The molecule has 0 aliphatic carbocycles. The van der Waals surface area contributed by atoms with Gasteiger partial charge in [0.2, 0.25) is 0 Å². The van der Waals surface area contributed by atoms with E-state index in [1.165, 1.54) is 18.1 Å². The van der Waals surface area contributed by atoms with Gasteiger partial charge in [0.15, 0.2) is 5.65 Å². The Labute approximate surface area is 212 Å². The maximum absolute atomic E-state index is 12.0. The Balaban J connectivity index is 1.59. The number of nitrogens with zero attached hydrogens (tertiary/aromatic N) is 3. The van der Waals surface area contributed by atoms with E-state index >= 15 is 0 Å². The number of aryl methyl sites for hydroxylation is 1. The molecular weight excluding hydrogens is 478 g/mol. The number of hydrogen-bond donors (Lipinski definition) is 3. The quantitative estimate of drug-likeness (QED) is 0.279. The molecule has 0 aliphatic heterocycles. The molecule has 9 nitrogen and oxygen atoms in total. The highest BCUT2D eigenvalue weighted by atomic mass is 32.2. The molecule has 3 N–H and O–H groups in total. The van der Waals surface area contributed by atoms with E-state index in [1.807, 2.05) is 31.2 Å². The fourth-order valence-electron chi connectivity index (χ4n) is 3.27. The Morgan fingerprint density at radius 2 is 1.75 bits per heavy atom. The molecule has 2 heterocycles. The topological polar surface area (TPSA) is 126 Å². The lowest BCUT2D eigenvalue weighted by Crippen LogP contribution is -2.27. The SMILES string of the molecule is Cc1ccc2c(Nc3cc(C(=O)O)ccc3Sc3ccc(NC(=O)OC(C)(C)C)cc3)ncnc2n1. The highest BCUT2D eigenvalue weighted by Crippen LogP contribution is 2.36. The molecule has 0 aliphatic rings. The number of carboxylic acid groups (broad SMARTS) is 1. The van der Waals surface area contributed by atoms with Gasteiger partial charge in [-0.1, -0.05) is 11.8 Å². The molecule has 0 fully saturated rings. The standard InChI is InChI=1S/C26H25N5O4S/c1-15-5-11-19-22(29-15)27-14-28-23(19)31-20-13-16(24(32)33)6-12-21(20)36-18-9-7-17(8-10-18)30-25(34)35-26(2,3)4/h5-14H,1-4H3,(H,30,34)(H,32,33)(H,27,28,29,31). The predicted octanol–water partition coefficient (Wildman–Crippen LogP) is 6.27. The summed E-state index contributed by atoms with van der Waals surface area (Å²) in [6, 6.07) is 15.9. The highest BCUT2D eigenvalue weighted by Gasteiger charge is 2.16. The summed E-state index contributed by atoms with van der Waals surface area (Å²) < 4.78 is 5.28. The van der Waals surface area contributed by atoms with Crippen molar-refractivity contribution in [3.8, 4) is 0 Å². The number of ether oxygens (including phenoxy) is 1. The normalized spacial score (nSPS) is 11.2. The summed E-state index contributed by atoms with van der Waals surface area (Å²) in [6.45, 7) is 7.29. The molecule has 10 heteroatoms. The molecule has 0 unspecified atom stereocenters. The van der Waals surface area contributed by atoms with Gasteiger partial charge in [-0.25, -0.2) is 24.5 Å². The molecular formula is C26H25N5O4S. The Kier molecular flexibility index (Phi) is 7.07. The fraction of sp³-hybridized carbons (Fsp3) is 0.192. The van der Waals surface area contributed by atoms with Crippen LogP contribution in [0.4, 0.5) is 22.0 Å². The molecule has 0 saturated carbocycles. The Hall–Kier alpha value is -4.18. The lowest BCUT2D eigenvalue weighted by Gasteiger charge is -2.19. The van der Waals surface area contributed by atoms with Crippen LogP contribution in [0.2, 0.25) is 0 Å². The zero-order valence-electron chi connectivity index (χ0n) is 20.2. The minimum Gasteiger partial charge on any atom is -0.478 e. The summed E-state index contributed by atoms with van der Waals surface area (Å²) in [5.74, 6) is -0.509. The van der Waals surface area contributed by atoms with Crippen LogP contribution in [0.5, 0.6) is 0 Å². The Morgan fingerprint density at radius 3 is 2.44 bits per heavy atom. The molecule has 0 saturated heterocycles. The van der Waals surface area contributed by atoms with Crippen LogP contribution in [0, 0.1) is 6.92 Å². The first-order chi connectivity index (χ1) is 17.1. The number of hydrogen-bond acceptors (Lipinski definition) is 8. The number of pyridine rings is 1. The smallest absolute Gasteiger partial charge is 0.412 e. The Morgan fingerprint density at radius 1 is 1.00 bits per heavy atom. The summed E-state index contributed by atoms with van der Waals surface area (Å²) >= 11 is 1.44. The summed E-state index contributed by atoms with van der Waals surface area (Å²) in [4.78, 5) is 38.3. The van der Waals surface area contributed by atoms with Crippen molar-refractivity contribution < 1.29 is 19.4 Å². The molecule has 4 rings (SSSR count). The van der Waals surface area contributed by atoms with E-state index < -0.39 is 17.7 Å². The van der Waals surface area contributed by atoms with Gasteiger partial charge in [0.25, 0.3) is 0 Å². The first-order valence-corrected chi connectivity index (χ1v) is 11.9. The first-order valence-electron chi connectivity index (χ1n) is 11.1. The minimum absolute atomic E-state index is 0.145. The number of anilines is 3. The monoisotopic (exact) mass is 503 g/mol. The molecule has 0 bridgehead atoms. The largest absolute Gasteiger partial charge is 0.478 e. The van der Waals surface area contributed by atoms with E-state index in [9.17, 15) is 14.7 Å². The molecule has 0 radical (unpaired) electrons. The summed E-state index contributed by atoms with van der Waals surface area (Å²) in [5.41, 5.74) is 2.12. The fourth-order valence-corrected chi connectivity index (χ4v) is 4.15. The van der Waals surface area contributed by atoms with Crippen molar-refractivity contribution >= 4 is 52.1 Å². The van der Waals surface area contributed by atoms with Gasteiger partial charge in [-0.2, -0.15) is 0 Å². The summed E-state index contributed by atoms with van der Waals surface area (Å²) in [7, 11) is 0. The lowest BCUT2D eigenvalue weighted by molar-refractivity contribution is 0.0634. The number of rotatable bonds is 6. The third-order valence-electron chi connectivity index (χ3n) is 4.84. The van der Waals surface area contributed by atoms with Crippen LogP contribution in [0.1, 0.15) is 36.8 Å². The van der Waals surface area contributed by atoms with Gasteiger partial charge < -0.3 is 15.2 Å². The van der Waals surface area contributed by atoms with Crippen molar-refractivity contribution in [2.45, 2.75) is 43.1 Å². The number of carbonyl (C=O) groups is 2. The number of aromatic nitrogens is 3. The van der Waals surface area contributed by atoms with E-state index in [2.05, 4.69) is 25.6 Å². The van der Waals surface area contributed by atoms with E-state index in [0.29, 0.717) is 22.8 Å². The van der Waals surface area contributed by atoms with Crippen molar-refractivity contribution in [2.75, 3.05) is 10.6 Å². The van der Waals surface area contributed by atoms with Crippen molar-refractivity contribution in [1.82, 2.24) is 15.0 Å². The molecule has 1 amide bonds. The lowest BCUT2D eigenvalue weighted by atomic mass is 10.2. The van der Waals surface area contributed by atoms with Gasteiger partial charge in [-0.3, -0.25) is 5.32 Å². The van der Waals surface area contributed by atoms with Crippen molar-refractivity contribution in [2.24, 2.45) is 0 Å². The highest BCUT2D eigenvalue weighted by molar-refractivity contribution is 7.99. The maximum Gasteiger partial charge on any atom is 0.412 e. The van der Waals surface area contributed by atoms with Gasteiger partial charge in [0.1, 0.15) is 17.7 Å². The third kappa shape index (κ3) is 6.28. The van der Waals surface area contributed by atoms with E-state index in [1.54, 1.807) is 51.1 Å². The molecule has 0 atom stereocenters. The molecule has 4 aromatic rings. The number of carbonyl (C=O) groups excluding carboxylic acids is 1. The van der Waals surface area contributed by atoms with Crippen LogP contribution in [0.25, 0.3) is 11.0 Å². The van der Waals surface area contributed by atoms with Crippen molar-refractivity contribution in [1.29, 1.82) is 0 Å². The molecule has 2 aromatic carbocycles. The van der Waals surface area contributed by atoms with Gasteiger partial charge in [0, 0.05) is 21.2 Å². The van der Waals surface area contributed by atoms with Gasteiger partial charge >= 0.3 is 12.1 Å². The number of carboxylic acids is 1. The van der Waals surface area contributed by atoms with E-state index in [-0.39, 0.29) is 5.56 Å². The molecule has 184 valence electrons. The average Bonchev–Trinajstić information content (AvgIpc) is 2.80. The second kappa shape index (κ2) is 10.2. The number of aromatic carboxylic acids is 1. The predicted molar refractivity (Wildman–Crippen MR) is 139 cm³/mol. The third-order valence-corrected chi connectivity index (χ3v) is 5.93. The van der Waals surface area contributed by atoms with Crippen LogP contribution < -0.4 is 10.6 Å². The molecule has 36 heavy (non-hydrogen) atoms. The van der Waals surface area contributed by atoms with E-state index in [0.717, 1.165) is 20.9 Å². The number of amides is 1. The molecule has 0 spiro atoms. The summed E-state index contributed by atoms with van der Waals surface area (Å²) in [5, 5.41) is 16.2. The van der Waals surface area contributed by atoms with Gasteiger partial charge in [0.05, 0.1) is 16.6 Å². The zero-order chi connectivity index (χ0) is 25.9. The van der Waals surface area contributed by atoms with Crippen molar-refractivity contribution in [3.05, 3.63) is 72.2 Å². The van der Waals surface area contributed by atoms with Gasteiger partial charge in [-0.05, 0) is 82.3 Å². The number of fused-ring (bicyclic) bond motifs is 1. The number of benzene rings is 2. The Bertz CT molecular complexity index is 1430. The van der Waals surface area contributed by atoms with Crippen molar-refractivity contribution in [3.63, 3.8) is 0 Å².